The number of hydrogen-bond acceptors (Lipinski definition) is 5. The van der Waals surface area contributed by atoms with E-state index >= 15 is 0 Å². The topological polar surface area (TPSA) is 87.1 Å². The van der Waals surface area contributed by atoms with Crippen LogP contribution in [0, 0.1) is 13.8 Å². The van der Waals surface area contributed by atoms with E-state index < -0.39 is 0 Å². The number of fused-ring (bicyclic) bond motifs is 1. The van der Waals surface area contributed by atoms with Crippen molar-refractivity contribution >= 4 is 22.5 Å². The Labute approximate surface area is 162 Å². The number of H-pyrrole nitrogens is 1. The van der Waals surface area contributed by atoms with E-state index in [2.05, 4.69) is 20.1 Å². The third-order valence-corrected chi connectivity index (χ3v) is 5.34. The van der Waals surface area contributed by atoms with E-state index in [1.54, 1.807) is 6.07 Å². The number of aromatic nitrogens is 4. The van der Waals surface area contributed by atoms with Gasteiger partial charge in [-0.15, -0.1) is 0 Å². The summed E-state index contributed by atoms with van der Waals surface area (Å²) in [5.41, 5.74) is 3.76. The number of hydrogen-bond donors (Lipinski definition) is 1. The molecule has 1 aromatic carbocycles. The summed E-state index contributed by atoms with van der Waals surface area (Å²) < 4.78 is 1.52. The zero-order chi connectivity index (χ0) is 19.7. The Morgan fingerprint density at radius 3 is 2.61 bits per heavy atom. The number of anilines is 1. The van der Waals surface area contributed by atoms with Gasteiger partial charge in [0.2, 0.25) is 5.91 Å². The highest BCUT2D eigenvalue weighted by molar-refractivity contribution is 5.78. The highest BCUT2D eigenvalue weighted by atomic mass is 16.2. The Bertz CT molecular complexity index is 1040. The average Bonchev–Trinajstić information content (AvgIpc) is 3.06. The van der Waals surface area contributed by atoms with Crippen molar-refractivity contribution in [2.24, 2.45) is 0 Å². The van der Waals surface area contributed by atoms with Crippen LogP contribution in [0.15, 0.2) is 35.4 Å². The summed E-state index contributed by atoms with van der Waals surface area (Å²) in [6.45, 7) is 7.26. The molecule has 0 bridgehead atoms. The van der Waals surface area contributed by atoms with Gasteiger partial charge in [0.25, 0.3) is 5.56 Å². The highest BCUT2D eigenvalue weighted by Crippen LogP contribution is 2.23. The zero-order valence-electron chi connectivity index (χ0n) is 16.2. The molecular formula is C20H24N6O2. The van der Waals surface area contributed by atoms with Gasteiger partial charge in [-0.05, 0) is 26.0 Å². The van der Waals surface area contributed by atoms with Gasteiger partial charge in [0, 0.05) is 39.1 Å². The first kappa shape index (κ1) is 18.2. The molecule has 0 aliphatic carbocycles. The first-order chi connectivity index (χ1) is 13.5. The van der Waals surface area contributed by atoms with E-state index in [0.717, 1.165) is 30.2 Å². The lowest BCUT2D eigenvalue weighted by Crippen LogP contribution is -2.49. The molecule has 0 unspecified atom stereocenters. The molecule has 1 saturated heterocycles. The van der Waals surface area contributed by atoms with E-state index in [9.17, 15) is 9.59 Å². The first-order valence-electron chi connectivity index (χ1n) is 9.53. The van der Waals surface area contributed by atoms with Gasteiger partial charge in [-0.25, -0.2) is 4.98 Å². The van der Waals surface area contributed by atoms with Crippen molar-refractivity contribution in [2.45, 2.75) is 26.8 Å². The van der Waals surface area contributed by atoms with Gasteiger partial charge in [0.1, 0.15) is 0 Å². The van der Waals surface area contributed by atoms with Gasteiger partial charge < -0.3 is 9.80 Å². The van der Waals surface area contributed by atoms with Crippen LogP contribution < -0.4 is 10.5 Å². The first-order valence-corrected chi connectivity index (χ1v) is 9.53. The fraction of sp³-hybridized carbons (Fsp3) is 0.400. The van der Waals surface area contributed by atoms with Crippen LogP contribution in [0.3, 0.4) is 0 Å². The molecule has 28 heavy (non-hydrogen) atoms. The summed E-state index contributed by atoms with van der Waals surface area (Å²) in [6.07, 6.45) is 1.82. The maximum Gasteiger partial charge on any atom is 0.261 e. The fourth-order valence-electron chi connectivity index (χ4n) is 3.83. The Morgan fingerprint density at radius 1 is 1.14 bits per heavy atom. The molecule has 146 valence electrons. The Morgan fingerprint density at radius 2 is 1.89 bits per heavy atom. The lowest BCUT2D eigenvalue weighted by Gasteiger charge is -2.36. The number of nitrogens with zero attached hydrogens (tertiary/aromatic N) is 5. The largest absolute Gasteiger partial charge is 0.365 e. The smallest absolute Gasteiger partial charge is 0.261 e. The van der Waals surface area contributed by atoms with E-state index in [4.69, 9.17) is 0 Å². The van der Waals surface area contributed by atoms with Crippen molar-refractivity contribution < 1.29 is 4.79 Å². The van der Waals surface area contributed by atoms with Crippen molar-refractivity contribution in [3.05, 3.63) is 52.3 Å². The van der Waals surface area contributed by atoms with Gasteiger partial charge in [-0.3, -0.25) is 19.3 Å². The highest BCUT2D eigenvalue weighted by Gasteiger charge is 2.24. The standard InChI is InChI=1S/C20H24N6O2/c1-14-19(15(2)23-22-14)25-11-9-24(10-12-25)18(27)7-8-26-13-21-17-6-4-3-5-16(17)20(26)28/h3-6,13H,7-12H2,1-2H3,(H,22,23). The summed E-state index contributed by atoms with van der Waals surface area (Å²) in [5.74, 6) is 0.0698. The van der Waals surface area contributed by atoms with Gasteiger partial charge in [-0.1, -0.05) is 12.1 Å². The van der Waals surface area contributed by atoms with Gasteiger partial charge in [-0.2, -0.15) is 5.10 Å². The Kier molecular flexibility index (Phi) is 4.85. The zero-order valence-corrected chi connectivity index (χ0v) is 16.2. The van der Waals surface area contributed by atoms with Crippen molar-refractivity contribution in [2.75, 3.05) is 31.1 Å². The molecule has 1 amide bonds. The predicted molar refractivity (Wildman–Crippen MR) is 107 cm³/mol. The average molecular weight is 380 g/mol. The molecule has 0 atom stereocenters. The monoisotopic (exact) mass is 380 g/mol. The van der Waals surface area contributed by atoms with Crippen LogP contribution >= 0.6 is 0 Å². The Balaban J connectivity index is 1.37. The molecule has 8 nitrogen and oxygen atoms in total. The molecule has 4 rings (SSSR count). The summed E-state index contributed by atoms with van der Waals surface area (Å²) in [6, 6.07) is 7.26. The number of aromatic amines is 1. The third kappa shape index (κ3) is 3.37. The minimum absolute atomic E-state index is 0.0698. The summed E-state index contributed by atoms with van der Waals surface area (Å²) in [7, 11) is 0. The third-order valence-electron chi connectivity index (χ3n) is 5.34. The molecule has 1 aliphatic heterocycles. The number of benzene rings is 1. The normalized spacial score (nSPS) is 14.6. The molecule has 0 radical (unpaired) electrons. The number of piperazine rings is 1. The second-order valence-electron chi connectivity index (χ2n) is 7.16. The van der Waals surface area contributed by atoms with E-state index in [0.29, 0.717) is 37.0 Å². The summed E-state index contributed by atoms with van der Waals surface area (Å²) in [4.78, 5) is 33.6. The summed E-state index contributed by atoms with van der Waals surface area (Å²) >= 11 is 0. The number of nitrogens with one attached hydrogen (secondary N) is 1. The van der Waals surface area contributed by atoms with E-state index in [-0.39, 0.29) is 11.5 Å². The van der Waals surface area contributed by atoms with Crippen LogP contribution in [0.4, 0.5) is 5.69 Å². The number of amides is 1. The van der Waals surface area contributed by atoms with Gasteiger partial charge >= 0.3 is 0 Å². The van der Waals surface area contributed by atoms with Crippen molar-refractivity contribution in [1.82, 2.24) is 24.6 Å². The molecule has 8 heteroatoms. The number of para-hydroxylation sites is 1. The van der Waals surface area contributed by atoms with Crippen LogP contribution in [0.5, 0.6) is 0 Å². The van der Waals surface area contributed by atoms with Crippen molar-refractivity contribution in [1.29, 1.82) is 0 Å². The Hall–Kier alpha value is -3.16. The second kappa shape index (κ2) is 7.46. The molecule has 1 aliphatic rings. The number of aryl methyl sites for hydroxylation is 3. The molecule has 3 aromatic rings. The van der Waals surface area contributed by atoms with Crippen LogP contribution in [0.25, 0.3) is 10.9 Å². The molecule has 2 aromatic heterocycles. The molecule has 0 spiro atoms. The molecule has 1 N–H and O–H groups in total. The quantitative estimate of drug-likeness (QED) is 0.741. The lowest BCUT2D eigenvalue weighted by molar-refractivity contribution is -0.131. The van der Waals surface area contributed by atoms with Crippen LogP contribution in [-0.2, 0) is 11.3 Å². The maximum atomic E-state index is 12.6. The number of carbonyl (C=O) groups is 1. The van der Waals surface area contributed by atoms with E-state index in [1.807, 2.05) is 36.9 Å². The van der Waals surface area contributed by atoms with Crippen molar-refractivity contribution in [3.8, 4) is 0 Å². The molecule has 1 fully saturated rings. The number of rotatable bonds is 4. The van der Waals surface area contributed by atoms with Crippen LogP contribution in [0.1, 0.15) is 17.8 Å². The van der Waals surface area contributed by atoms with Crippen molar-refractivity contribution in [3.63, 3.8) is 0 Å². The predicted octanol–water partition coefficient (Wildman–Crippen LogP) is 1.48. The van der Waals surface area contributed by atoms with Crippen LogP contribution in [0.2, 0.25) is 0 Å². The second-order valence-corrected chi connectivity index (χ2v) is 7.16. The molecule has 3 heterocycles. The minimum Gasteiger partial charge on any atom is -0.365 e. The maximum absolute atomic E-state index is 12.6. The molecule has 0 saturated carbocycles. The van der Waals surface area contributed by atoms with Gasteiger partial charge in [0.15, 0.2) is 0 Å². The number of carbonyl (C=O) groups excluding carboxylic acids is 1. The minimum atomic E-state index is -0.103. The summed E-state index contributed by atoms with van der Waals surface area (Å²) in [5, 5.41) is 7.85. The lowest BCUT2D eigenvalue weighted by atomic mass is 10.2. The SMILES string of the molecule is Cc1n[nH]c(C)c1N1CCN(C(=O)CCn2cnc3ccccc3c2=O)CC1. The van der Waals surface area contributed by atoms with Gasteiger partial charge in [0.05, 0.1) is 34.3 Å². The van der Waals surface area contributed by atoms with E-state index in [1.165, 1.54) is 10.9 Å². The fourth-order valence-corrected chi connectivity index (χ4v) is 3.83. The molecular weight excluding hydrogens is 356 g/mol. The van der Waals surface area contributed by atoms with Crippen LogP contribution in [-0.4, -0.2) is 56.7 Å².